The standard InChI is InChI=1S/C27H37N3O2/c1-22(27(25-10-6-3-7-11-25)30-16-18-32-19-17-30)28-26(31)21-29-14-12-24(13-15-29)20-23-8-4-2-5-9-23/h2-11,22,24,27H,12-21H2,1H3,(H,28,31)/t22-,27+/m0/s1. The maximum Gasteiger partial charge on any atom is 0.234 e. The van der Waals surface area contributed by atoms with E-state index in [4.69, 9.17) is 4.74 Å². The zero-order valence-corrected chi connectivity index (χ0v) is 19.3. The predicted molar refractivity (Wildman–Crippen MR) is 128 cm³/mol. The van der Waals surface area contributed by atoms with Crippen molar-refractivity contribution in [2.45, 2.75) is 38.3 Å². The van der Waals surface area contributed by atoms with Crippen LogP contribution >= 0.6 is 0 Å². The molecule has 32 heavy (non-hydrogen) atoms. The van der Waals surface area contributed by atoms with E-state index in [1.54, 1.807) is 0 Å². The first-order valence-electron chi connectivity index (χ1n) is 12.1. The van der Waals surface area contributed by atoms with Crippen molar-refractivity contribution in [3.8, 4) is 0 Å². The van der Waals surface area contributed by atoms with Crippen LogP contribution in [-0.2, 0) is 16.0 Å². The Balaban J connectivity index is 1.28. The van der Waals surface area contributed by atoms with Crippen LogP contribution in [0, 0.1) is 5.92 Å². The van der Waals surface area contributed by atoms with Gasteiger partial charge in [0.1, 0.15) is 0 Å². The first-order chi connectivity index (χ1) is 15.7. The van der Waals surface area contributed by atoms with E-state index in [0.717, 1.165) is 64.6 Å². The Hall–Kier alpha value is -2.21. The van der Waals surface area contributed by atoms with Crippen molar-refractivity contribution in [2.75, 3.05) is 45.9 Å². The van der Waals surface area contributed by atoms with Gasteiger partial charge in [0.25, 0.3) is 0 Å². The molecular weight excluding hydrogens is 398 g/mol. The van der Waals surface area contributed by atoms with E-state index >= 15 is 0 Å². The van der Waals surface area contributed by atoms with E-state index in [1.807, 2.05) is 6.07 Å². The summed E-state index contributed by atoms with van der Waals surface area (Å²) in [6.45, 7) is 7.94. The minimum absolute atomic E-state index is 0.0404. The smallest absolute Gasteiger partial charge is 0.234 e. The Morgan fingerprint density at radius 3 is 2.25 bits per heavy atom. The molecule has 2 aliphatic rings. The van der Waals surface area contributed by atoms with Crippen LogP contribution in [0.2, 0.25) is 0 Å². The maximum absolute atomic E-state index is 12.9. The van der Waals surface area contributed by atoms with E-state index in [-0.39, 0.29) is 18.0 Å². The highest BCUT2D eigenvalue weighted by Gasteiger charge is 2.29. The topological polar surface area (TPSA) is 44.8 Å². The molecule has 0 aromatic heterocycles. The van der Waals surface area contributed by atoms with E-state index in [9.17, 15) is 4.79 Å². The zero-order chi connectivity index (χ0) is 22.2. The molecule has 5 heteroatoms. The second kappa shape index (κ2) is 11.6. The fourth-order valence-electron chi connectivity index (χ4n) is 5.20. The van der Waals surface area contributed by atoms with Crippen LogP contribution in [0.3, 0.4) is 0 Å². The second-order valence-electron chi connectivity index (χ2n) is 9.27. The molecule has 2 aromatic carbocycles. The lowest BCUT2D eigenvalue weighted by molar-refractivity contribution is -0.123. The van der Waals surface area contributed by atoms with Gasteiger partial charge in [0.05, 0.1) is 25.8 Å². The summed E-state index contributed by atoms with van der Waals surface area (Å²) in [5.74, 6) is 0.854. The average Bonchev–Trinajstić information content (AvgIpc) is 2.82. The van der Waals surface area contributed by atoms with Gasteiger partial charge in [0.15, 0.2) is 0 Å². The number of piperidine rings is 1. The molecule has 172 valence electrons. The summed E-state index contributed by atoms with van der Waals surface area (Å²) >= 11 is 0. The number of ether oxygens (including phenoxy) is 1. The van der Waals surface area contributed by atoms with E-state index < -0.39 is 0 Å². The maximum atomic E-state index is 12.9. The van der Waals surface area contributed by atoms with Gasteiger partial charge in [0, 0.05) is 19.1 Å². The van der Waals surface area contributed by atoms with Crippen molar-refractivity contribution >= 4 is 5.91 Å². The van der Waals surface area contributed by atoms with E-state index in [1.165, 1.54) is 11.1 Å². The SMILES string of the molecule is C[C@H](NC(=O)CN1CCC(Cc2ccccc2)CC1)[C@H](c1ccccc1)N1CCOCC1. The molecular formula is C27H37N3O2. The van der Waals surface area contributed by atoms with Crippen LogP contribution in [0.1, 0.15) is 36.9 Å². The summed E-state index contributed by atoms with van der Waals surface area (Å²) < 4.78 is 5.56. The van der Waals surface area contributed by atoms with Gasteiger partial charge in [-0.05, 0) is 56.3 Å². The molecule has 4 rings (SSSR count). The highest BCUT2D eigenvalue weighted by atomic mass is 16.5. The molecule has 0 aliphatic carbocycles. The number of morpholine rings is 1. The molecule has 2 saturated heterocycles. The van der Waals surface area contributed by atoms with Gasteiger partial charge in [-0.1, -0.05) is 60.7 Å². The molecule has 2 aliphatic heterocycles. The molecule has 2 fully saturated rings. The van der Waals surface area contributed by atoms with Crippen molar-refractivity contribution in [3.63, 3.8) is 0 Å². The van der Waals surface area contributed by atoms with Gasteiger partial charge >= 0.3 is 0 Å². The number of carbonyl (C=O) groups is 1. The number of hydrogen-bond acceptors (Lipinski definition) is 4. The second-order valence-corrected chi connectivity index (χ2v) is 9.27. The Bertz CT molecular complexity index is 815. The van der Waals surface area contributed by atoms with Crippen molar-refractivity contribution in [2.24, 2.45) is 5.92 Å². The summed E-state index contributed by atoms with van der Waals surface area (Å²) in [5, 5.41) is 3.31. The first-order valence-corrected chi connectivity index (χ1v) is 12.1. The van der Waals surface area contributed by atoms with Gasteiger partial charge in [-0.3, -0.25) is 14.6 Å². The van der Waals surface area contributed by atoms with Crippen LogP contribution in [0.5, 0.6) is 0 Å². The largest absolute Gasteiger partial charge is 0.379 e. The van der Waals surface area contributed by atoms with Gasteiger partial charge < -0.3 is 10.1 Å². The summed E-state index contributed by atoms with van der Waals surface area (Å²) in [5.41, 5.74) is 2.68. The summed E-state index contributed by atoms with van der Waals surface area (Å²) in [6, 6.07) is 21.5. The molecule has 0 saturated carbocycles. The normalized spacial score (nSPS) is 20.5. The van der Waals surface area contributed by atoms with Gasteiger partial charge in [0.2, 0.25) is 5.91 Å². The fraction of sp³-hybridized carbons (Fsp3) is 0.519. The molecule has 0 spiro atoms. The first kappa shape index (κ1) is 23.0. The van der Waals surface area contributed by atoms with E-state index in [0.29, 0.717) is 6.54 Å². The van der Waals surface area contributed by atoms with Crippen LogP contribution in [0.15, 0.2) is 60.7 Å². The van der Waals surface area contributed by atoms with Crippen LogP contribution < -0.4 is 5.32 Å². The Morgan fingerprint density at radius 2 is 1.59 bits per heavy atom. The number of amides is 1. The van der Waals surface area contributed by atoms with Crippen LogP contribution in [0.4, 0.5) is 0 Å². The lowest BCUT2D eigenvalue weighted by Crippen LogP contribution is -2.50. The summed E-state index contributed by atoms with van der Waals surface area (Å²) in [6.07, 6.45) is 3.48. The highest BCUT2D eigenvalue weighted by Crippen LogP contribution is 2.26. The van der Waals surface area contributed by atoms with Crippen molar-refractivity contribution in [3.05, 3.63) is 71.8 Å². The number of hydrogen-bond donors (Lipinski definition) is 1. The minimum Gasteiger partial charge on any atom is -0.379 e. The number of likely N-dealkylation sites (tertiary alicyclic amines) is 1. The summed E-state index contributed by atoms with van der Waals surface area (Å²) in [7, 11) is 0. The van der Waals surface area contributed by atoms with Gasteiger partial charge in [-0.25, -0.2) is 0 Å². The number of benzene rings is 2. The average molecular weight is 436 g/mol. The third kappa shape index (κ3) is 6.41. The van der Waals surface area contributed by atoms with E-state index in [2.05, 4.69) is 76.6 Å². The van der Waals surface area contributed by atoms with Gasteiger partial charge in [-0.2, -0.15) is 0 Å². The molecule has 0 bridgehead atoms. The molecule has 0 radical (unpaired) electrons. The molecule has 1 amide bonds. The predicted octanol–water partition coefficient (Wildman–Crippen LogP) is 3.52. The van der Waals surface area contributed by atoms with Crippen molar-refractivity contribution < 1.29 is 9.53 Å². The monoisotopic (exact) mass is 435 g/mol. The molecule has 5 nitrogen and oxygen atoms in total. The zero-order valence-electron chi connectivity index (χ0n) is 19.3. The number of nitrogens with one attached hydrogen (secondary N) is 1. The lowest BCUT2D eigenvalue weighted by atomic mass is 9.90. The quantitative estimate of drug-likeness (QED) is 0.689. The fourth-order valence-corrected chi connectivity index (χ4v) is 5.20. The molecule has 2 atom stereocenters. The number of nitrogens with zero attached hydrogens (tertiary/aromatic N) is 2. The summed E-state index contributed by atoms with van der Waals surface area (Å²) in [4.78, 5) is 17.7. The highest BCUT2D eigenvalue weighted by molar-refractivity contribution is 5.78. The third-order valence-corrected chi connectivity index (χ3v) is 6.88. The Morgan fingerprint density at radius 1 is 0.969 bits per heavy atom. The number of rotatable bonds is 8. The molecule has 2 heterocycles. The molecule has 0 unspecified atom stereocenters. The molecule has 2 aromatic rings. The van der Waals surface area contributed by atoms with Crippen molar-refractivity contribution in [1.29, 1.82) is 0 Å². The Kier molecular flexibility index (Phi) is 8.32. The van der Waals surface area contributed by atoms with Crippen LogP contribution in [0.25, 0.3) is 0 Å². The van der Waals surface area contributed by atoms with Gasteiger partial charge in [-0.15, -0.1) is 0 Å². The third-order valence-electron chi connectivity index (χ3n) is 6.88. The number of carbonyl (C=O) groups excluding carboxylic acids is 1. The minimum atomic E-state index is 0.0404. The van der Waals surface area contributed by atoms with Crippen LogP contribution in [-0.4, -0.2) is 67.7 Å². The lowest BCUT2D eigenvalue weighted by Gasteiger charge is -2.39. The molecule has 1 N–H and O–H groups in total. The van der Waals surface area contributed by atoms with Crippen molar-refractivity contribution in [1.82, 2.24) is 15.1 Å². The Labute approximate surface area is 192 Å².